The smallest absolute Gasteiger partial charge is 0.135 e. The summed E-state index contributed by atoms with van der Waals surface area (Å²) in [6.45, 7) is 14.0. The van der Waals surface area contributed by atoms with E-state index in [1.165, 1.54) is 33.5 Å². The third kappa shape index (κ3) is 3.42. The van der Waals surface area contributed by atoms with Crippen molar-refractivity contribution in [3.8, 4) is 0 Å². The molecule has 1 aliphatic heterocycles. The summed E-state index contributed by atoms with van der Waals surface area (Å²) in [4.78, 5) is 10.1. The van der Waals surface area contributed by atoms with Gasteiger partial charge in [0.15, 0.2) is 0 Å². The number of hydrogen-bond acceptors (Lipinski definition) is 3. The maximum absolute atomic E-state index is 5.70. The summed E-state index contributed by atoms with van der Waals surface area (Å²) in [6, 6.07) is 2.32. The summed E-state index contributed by atoms with van der Waals surface area (Å²) < 4.78 is 2.21. The molecule has 0 aliphatic carbocycles. The van der Waals surface area contributed by atoms with E-state index >= 15 is 0 Å². The Bertz CT molecular complexity index is 819. The number of oxime groups is 1. The number of benzene rings is 1. The van der Waals surface area contributed by atoms with Crippen LogP contribution in [-0.2, 0) is 17.8 Å². The molecule has 2 aromatic rings. The molecule has 26 heavy (non-hydrogen) atoms. The molecule has 2 unspecified atom stereocenters. The Hall–Kier alpha value is -2.10. The van der Waals surface area contributed by atoms with Gasteiger partial charge in [0, 0.05) is 31.3 Å². The van der Waals surface area contributed by atoms with Gasteiger partial charge in [-0.05, 0) is 68.4 Å². The standard InChI is InChI=1S/C22H31N3O/c1-7-18-21(24-26-22(18)8-2)12-19-14(3)11-15(4)20(16(19)5)13-25-10-9-23-17(25)6/h9-11,18,22H,7-8,12-13H2,1-6H3. The molecule has 0 N–H and O–H groups in total. The highest BCUT2D eigenvalue weighted by Gasteiger charge is 2.31. The van der Waals surface area contributed by atoms with Crippen molar-refractivity contribution in [1.82, 2.24) is 9.55 Å². The zero-order valence-electron chi connectivity index (χ0n) is 17.0. The Morgan fingerprint density at radius 2 is 1.77 bits per heavy atom. The minimum atomic E-state index is 0.245. The first-order valence-electron chi connectivity index (χ1n) is 9.75. The minimum Gasteiger partial charge on any atom is -0.392 e. The summed E-state index contributed by atoms with van der Waals surface area (Å²) >= 11 is 0. The highest BCUT2D eigenvalue weighted by atomic mass is 16.6. The summed E-state index contributed by atoms with van der Waals surface area (Å²) in [7, 11) is 0. The molecular weight excluding hydrogens is 322 g/mol. The second-order valence-corrected chi connectivity index (χ2v) is 7.52. The molecule has 2 atom stereocenters. The van der Waals surface area contributed by atoms with Crippen molar-refractivity contribution in [2.75, 3.05) is 0 Å². The van der Waals surface area contributed by atoms with Crippen molar-refractivity contribution in [3.05, 3.63) is 52.1 Å². The third-order valence-corrected chi connectivity index (χ3v) is 5.92. The van der Waals surface area contributed by atoms with Crippen LogP contribution in [0.2, 0.25) is 0 Å². The van der Waals surface area contributed by atoms with Crippen LogP contribution in [0, 0.1) is 33.6 Å². The highest BCUT2D eigenvalue weighted by Crippen LogP contribution is 2.30. The Labute approximate surface area is 157 Å². The van der Waals surface area contributed by atoms with Crippen molar-refractivity contribution in [3.63, 3.8) is 0 Å². The average molecular weight is 354 g/mol. The first kappa shape index (κ1) is 18.7. The molecule has 0 saturated heterocycles. The van der Waals surface area contributed by atoms with Crippen LogP contribution in [0.25, 0.3) is 0 Å². The van der Waals surface area contributed by atoms with Gasteiger partial charge < -0.3 is 9.40 Å². The fraction of sp³-hybridized carbons (Fsp3) is 0.545. The molecule has 0 amide bonds. The Morgan fingerprint density at radius 1 is 1.04 bits per heavy atom. The zero-order chi connectivity index (χ0) is 18.8. The lowest BCUT2D eigenvalue weighted by molar-refractivity contribution is 0.0583. The van der Waals surface area contributed by atoms with E-state index < -0.39 is 0 Å². The van der Waals surface area contributed by atoms with E-state index in [1.807, 2.05) is 6.20 Å². The molecule has 140 valence electrons. The van der Waals surface area contributed by atoms with Gasteiger partial charge in [0.05, 0.1) is 5.71 Å². The minimum absolute atomic E-state index is 0.245. The van der Waals surface area contributed by atoms with Crippen LogP contribution >= 0.6 is 0 Å². The summed E-state index contributed by atoms with van der Waals surface area (Å²) in [6.07, 6.45) is 7.17. The van der Waals surface area contributed by atoms with Crippen molar-refractivity contribution in [2.24, 2.45) is 11.1 Å². The molecule has 4 heteroatoms. The average Bonchev–Trinajstić information content (AvgIpc) is 3.20. The topological polar surface area (TPSA) is 39.4 Å². The van der Waals surface area contributed by atoms with Crippen LogP contribution in [0.5, 0.6) is 0 Å². The molecule has 1 aromatic heterocycles. The fourth-order valence-corrected chi connectivity index (χ4v) is 4.22. The van der Waals surface area contributed by atoms with Crippen LogP contribution in [0.15, 0.2) is 23.6 Å². The largest absolute Gasteiger partial charge is 0.392 e. The number of aromatic nitrogens is 2. The second kappa shape index (κ2) is 7.65. The van der Waals surface area contributed by atoms with Crippen molar-refractivity contribution >= 4 is 5.71 Å². The van der Waals surface area contributed by atoms with E-state index in [0.717, 1.165) is 31.6 Å². The quantitative estimate of drug-likeness (QED) is 0.741. The van der Waals surface area contributed by atoms with E-state index in [2.05, 4.69) is 68.5 Å². The van der Waals surface area contributed by atoms with Crippen LogP contribution in [0.1, 0.15) is 60.3 Å². The predicted octanol–water partition coefficient (Wildman–Crippen LogP) is 4.90. The lowest BCUT2D eigenvalue weighted by Gasteiger charge is -2.20. The Morgan fingerprint density at radius 3 is 2.38 bits per heavy atom. The second-order valence-electron chi connectivity index (χ2n) is 7.52. The van der Waals surface area contributed by atoms with Gasteiger partial charge >= 0.3 is 0 Å². The molecule has 0 fully saturated rings. The Kier molecular flexibility index (Phi) is 5.49. The molecule has 0 radical (unpaired) electrons. The van der Waals surface area contributed by atoms with Crippen molar-refractivity contribution in [2.45, 2.75) is 73.5 Å². The van der Waals surface area contributed by atoms with Crippen LogP contribution in [-0.4, -0.2) is 21.4 Å². The van der Waals surface area contributed by atoms with Gasteiger partial charge in [0.2, 0.25) is 0 Å². The zero-order valence-corrected chi connectivity index (χ0v) is 17.0. The molecule has 1 aliphatic rings. The van der Waals surface area contributed by atoms with Gasteiger partial charge in [-0.15, -0.1) is 0 Å². The SMILES string of the molecule is CCC1ON=C(Cc2c(C)cc(C)c(Cn3ccnc3C)c2C)C1CC. The number of rotatable bonds is 6. The monoisotopic (exact) mass is 353 g/mol. The van der Waals surface area contributed by atoms with E-state index in [9.17, 15) is 0 Å². The van der Waals surface area contributed by atoms with Crippen LogP contribution in [0.3, 0.4) is 0 Å². The maximum atomic E-state index is 5.70. The number of nitrogens with zero attached hydrogens (tertiary/aromatic N) is 3. The van der Waals surface area contributed by atoms with E-state index in [-0.39, 0.29) is 6.10 Å². The number of aryl methyl sites for hydroxylation is 3. The first-order chi connectivity index (χ1) is 12.5. The third-order valence-electron chi connectivity index (χ3n) is 5.92. The van der Waals surface area contributed by atoms with Crippen LogP contribution < -0.4 is 0 Å². The first-order valence-corrected chi connectivity index (χ1v) is 9.75. The summed E-state index contributed by atoms with van der Waals surface area (Å²) in [5.74, 6) is 1.50. The molecule has 4 nitrogen and oxygen atoms in total. The van der Waals surface area contributed by atoms with E-state index in [0.29, 0.717) is 5.92 Å². The molecule has 0 saturated carbocycles. The number of hydrogen-bond donors (Lipinski definition) is 0. The van der Waals surface area contributed by atoms with Crippen molar-refractivity contribution in [1.29, 1.82) is 0 Å². The van der Waals surface area contributed by atoms with Gasteiger partial charge in [-0.25, -0.2) is 4.98 Å². The summed E-state index contributed by atoms with van der Waals surface area (Å²) in [5, 5.41) is 4.46. The predicted molar refractivity (Wildman–Crippen MR) is 107 cm³/mol. The van der Waals surface area contributed by atoms with Crippen molar-refractivity contribution < 1.29 is 4.84 Å². The molecule has 0 spiro atoms. The van der Waals surface area contributed by atoms with Gasteiger partial charge in [-0.2, -0.15) is 0 Å². The molecule has 1 aromatic carbocycles. The molecule has 3 rings (SSSR count). The van der Waals surface area contributed by atoms with E-state index in [1.54, 1.807) is 0 Å². The van der Waals surface area contributed by atoms with Gasteiger partial charge in [0.25, 0.3) is 0 Å². The van der Waals surface area contributed by atoms with E-state index in [4.69, 9.17) is 4.84 Å². The molecular formula is C22H31N3O. The lowest BCUT2D eigenvalue weighted by atomic mass is 9.85. The van der Waals surface area contributed by atoms with Gasteiger partial charge in [-0.1, -0.05) is 25.1 Å². The number of imidazole rings is 1. The highest BCUT2D eigenvalue weighted by molar-refractivity contribution is 5.90. The normalized spacial score (nSPS) is 19.5. The summed E-state index contributed by atoms with van der Waals surface area (Å²) in [5.41, 5.74) is 8.09. The Balaban J connectivity index is 1.93. The molecule has 0 bridgehead atoms. The van der Waals surface area contributed by atoms with Gasteiger partial charge in [0.1, 0.15) is 11.9 Å². The fourth-order valence-electron chi connectivity index (χ4n) is 4.22. The maximum Gasteiger partial charge on any atom is 0.135 e. The van der Waals surface area contributed by atoms with Gasteiger partial charge in [-0.3, -0.25) is 0 Å². The van der Waals surface area contributed by atoms with Crippen LogP contribution in [0.4, 0.5) is 0 Å². The molecule has 2 heterocycles. The lowest BCUT2D eigenvalue weighted by Crippen LogP contribution is -2.24.